The van der Waals surface area contributed by atoms with Crippen LogP contribution >= 0.6 is 0 Å². The van der Waals surface area contributed by atoms with Crippen molar-refractivity contribution in [1.29, 1.82) is 0 Å². The first-order valence-electron chi connectivity index (χ1n) is 5.36. The van der Waals surface area contributed by atoms with E-state index in [4.69, 9.17) is 0 Å². The van der Waals surface area contributed by atoms with Gasteiger partial charge in [0, 0.05) is 24.5 Å². The molecule has 0 atom stereocenters. The van der Waals surface area contributed by atoms with Gasteiger partial charge in [-0.15, -0.1) is 0 Å². The van der Waals surface area contributed by atoms with Crippen LogP contribution < -0.4 is 10.6 Å². The van der Waals surface area contributed by atoms with Crippen molar-refractivity contribution in [3.8, 4) is 0 Å². The van der Waals surface area contributed by atoms with Gasteiger partial charge in [-0.2, -0.15) is 13.2 Å². The van der Waals surface area contributed by atoms with Crippen LogP contribution in [0.2, 0.25) is 0 Å². The van der Waals surface area contributed by atoms with Crippen LogP contribution in [0.15, 0.2) is 18.5 Å². The summed E-state index contributed by atoms with van der Waals surface area (Å²) in [4.78, 5) is 7.98. The Kier molecular flexibility index (Phi) is 3.46. The standard InChI is InChI=1S/C10H13F3N4/c11-10(12,13)6-16-7-4-8(5-7)17-9-14-2-1-3-15-9/h1-3,7-8,16H,4-6H2,(H,14,15,17). The fraction of sp³-hybridized carbons (Fsp3) is 0.600. The minimum atomic E-state index is -4.14. The number of anilines is 1. The molecule has 0 radical (unpaired) electrons. The number of hydrogen-bond acceptors (Lipinski definition) is 4. The van der Waals surface area contributed by atoms with E-state index in [1.165, 1.54) is 0 Å². The molecule has 1 aromatic heterocycles. The zero-order valence-electron chi connectivity index (χ0n) is 9.04. The van der Waals surface area contributed by atoms with Crippen molar-refractivity contribution >= 4 is 5.95 Å². The number of nitrogens with one attached hydrogen (secondary N) is 2. The molecule has 1 fully saturated rings. The highest BCUT2D eigenvalue weighted by Crippen LogP contribution is 2.24. The SMILES string of the molecule is FC(F)(F)CNC1CC(Nc2ncccn2)C1. The molecule has 2 N–H and O–H groups in total. The van der Waals surface area contributed by atoms with E-state index in [1.807, 2.05) is 0 Å². The van der Waals surface area contributed by atoms with Crippen molar-refractivity contribution in [2.24, 2.45) is 0 Å². The topological polar surface area (TPSA) is 49.8 Å². The minimum absolute atomic E-state index is 0.0714. The first kappa shape index (κ1) is 12.1. The average molecular weight is 246 g/mol. The lowest BCUT2D eigenvalue weighted by Gasteiger charge is -2.36. The number of halogens is 3. The molecule has 1 saturated carbocycles. The van der Waals surface area contributed by atoms with Crippen molar-refractivity contribution < 1.29 is 13.2 Å². The van der Waals surface area contributed by atoms with Crippen LogP contribution in [0.5, 0.6) is 0 Å². The Balaban J connectivity index is 1.66. The second kappa shape index (κ2) is 4.87. The summed E-state index contributed by atoms with van der Waals surface area (Å²) in [5.74, 6) is 0.520. The average Bonchev–Trinajstić information content (AvgIpc) is 2.21. The van der Waals surface area contributed by atoms with Crippen molar-refractivity contribution in [1.82, 2.24) is 15.3 Å². The Bertz CT molecular complexity index is 348. The van der Waals surface area contributed by atoms with Gasteiger partial charge in [-0.1, -0.05) is 0 Å². The molecule has 7 heteroatoms. The summed E-state index contributed by atoms with van der Waals surface area (Å²) in [6.07, 6.45) is 0.421. The first-order chi connectivity index (χ1) is 8.03. The number of nitrogens with zero attached hydrogens (tertiary/aromatic N) is 2. The van der Waals surface area contributed by atoms with Crippen molar-refractivity contribution in [3.63, 3.8) is 0 Å². The molecule has 0 amide bonds. The van der Waals surface area contributed by atoms with Crippen LogP contribution in [0, 0.1) is 0 Å². The third-order valence-corrected chi connectivity index (χ3v) is 2.63. The van der Waals surface area contributed by atoms with E-state index < -0.39 is 12.7 Å². The molecule has 17 heavy (non-hydrogen) atoms. The summed E-state index contributed by atoms with van der Waals surface area (Å²) in [6.45, 7) is -0.924. The van der Waals surface area contributed by atoms with Gasteiger partial charge in [0.25, 0.3) is 0 Å². The maximum absolute atomic E-state index is 11.9. The van der Waals surface area contributed by atoms with Crippen LogP contribution in [0.25, 0.3) is 0 Å². The Morgan fingerprint density at radius 1 is 1.18 bits per heavy atom. The smallest absolute Gasteiger partial charge is 0.351 e. The summed E-state index contributed by atoms with van der Waals surface area (Å²) < 4.78 is 35.8. The Hall–Kier alpha value is -1.37. The van der Waals surface area contributed by atoms with E-state index in [9.17, 15) is 13.2 Å². The fourth-order valence-corrected chi connectivity index (χ4v) is 1.72. The monoisotopic (exact) mass is 246 g/mol. The van der Waals surface area contributed by atoms with Crippen molar-refractivity contribution in [2.45, 2.75) is 31.1 Å². The predicted octanol–water partition coefficient (Wildman–Crippen LogP) is 1.57. The lowest BCUT2D eigenvalue weighted by atomic mass is 9.87. The van der Waals surface area contributed by atoms with Gasteiger partial charge in [-0.3, -0.25) is 0 Å². The third-order valence-electron chi connectivity index (χ3n) is 2.63. The molecule has 0 aliphatic heterocycles. The molecule has 0 aromatic carbocycles. The van der Waals surface area contributed by atoms with Gasteiger partial charge in [-0.05, 0) is 18.9 Å². The number of rotatable bonds is 4. The van der Waals surface area contributed by atoms with E-state index in [2.05, 4.69) is 20.6 Å². The van der Waals surface area contributed by atoms with Gasteiger partial charge >= 0.3 is 6.18 Å². The van der Waals surface area contributed by atoms with E-state index in [0.29, 0.717) is 18.8 Å². The minimum Gasteiger partial charge on any atom is -0.351 e. The van der Waals surface area contributed by atoms with Crippen LogP contribution in [0.1, 0.15) is 12.8 Å². The summed E-state index contributed by atoms with van der Waals surface area (Å²) in [5, 5.41) is 5.53. The summed E-state index contributed by atoms with van der Waals surface area (Å²) in [5.41, 5.74) is 0. The highest BCUT2D eigenvalue weighted by molar-refractivity contribution is 5.26. The highest BCUT2D eigenvalue weighted by Gasteiger charge is 2.33. The molecular weight excluding hydrogens is 233 g/mol. The predicted molar refractivity (Wildman–Crippen MR) is 56.5 cm³/mol. The molecule has 1 aliphatic rings. The largest absolute Gasteiger partial charge is 0.401 e. The second-order valence-electron chi connectivity index (χ2n) is 4.08. The zero-order chi connectivity index (χ0) is 12.3. The van der Waals surface area contributed by atoms with Crippen molar-refractivity contribution in [3.05, 3.63) is 18.5 Å². The normalized spacial score (nSPS) is 24.2. The van der Waals surface area contributed by atoms with Gasteiger partial charge in [0.15, 0.2) is 0 Å². The maximum Gasteiger partial charge on any atom is 0.401 e. The molecule has 94 valence electrons. The third kappa shape index (κ3) is 3.85. The molecule has 4 nitrogen and oxygen atoms in total. The summed E-state index contributed by atoms with van der Waals surface area (Å²) in [7, 11) is 0. The van der Waals surface area contributed by atoms with Crippen molar-refractivity contribution in [2.75, 3.05) is 11.9 Å². The Morgan fingerprint density at radius 2 is 1.82 bits per heavy atom. The Labute approximate surface area is 96.7 Å². The highest BCUT2D eigenvalue weighted by atomic mass is 19.4. The van der Waals surface area contributed by atoms with Crippen LogP contribution in [-0.4, -0.2) is 34.8 Å². The molecule has 1 heterocycles. The molecular formula is C10H13F3N4. The van der Waals surface area contributed by atoms with Crippen LogP contribution in [0.3, 0.4) is 0 Å². The lowest BCUT2D eigenvalue weighted by Crippen LogP contribution is -2.50. The number of aromatic nitrogens is 2. The summed E-state index contributed by atoms with van der Waals surface area (Å²) >= 11 is 0. The lowest BCUT2D eigenvalue weighted by molar-refractivity contribution is -0.127. The number of hydrogen-bond donors (Lipinski definition) is 2. The number of alkyl halides is 3. The maximum atomic E-state index is 11.9. The van der Waals surface area contributed by atoms with Gasteiger partial charge in [0.2, 0.25) is 5.95 Å². The van der Waals surface area contributed by atoms with Crippen LogP contribution in [0.4, 0.5) is 19.1 Å². The van der Waals surface area contributed by atoms with Gasteiger partial charge < -0.3 is 10.6 Å². The van der Waals surface area contributed by atoms with E-state index in [0.717, 1.165) is 0 Å². The summed E-state index contributed by atoms with van der Waals surface area (Å²) in [6, 6.07) is 1.79. The van der Waals surface area contributed by atoms with Crippen LogP contribution in [-0.2, 0) is 0 Å². The van der Waals surface area contributed by atoms with E-state index >= 15 is 0 Å². The Morgan fingerprint density at radius 3 is 2.41 bits per heavy atom. The quantitative estimate of drug-likeness (QED) is 0.846. The fourth-order valence-electron chi connectivity index (χ4n) is 1.72. The van der Waals surface area contributed by atoms with Gasteiger partial charge in [0.1, 0.15) is 0 Å². The van der Waals surface area contributed by atoms with Gasteiger partial charge in [0.05, 0.1) is 6.54 Å². The second-order valence-corrected chi connectivity index (χ2v) is 4.08. The molecule has 2 rings (SSSR count). The first-order valence-corrected chi connectivity index (χ1v) is 5.36. The van der Waals surface area contributed by atoms with Gasteiger partial charge in [-0.25, -0.2) is 9.97 Å². The van der Waals surface area contributed by atoms with E-state index in [1.54, 1.807) is 18.5 Å². The molecule has 0 spiro atoms. The van der Waals surface area contributed by atoms with E-state index in [-0.39, 0.29) is 12.1 Å². The molecule has 0 unspecified atom stereocenters. The molecule has 0 saturated heterocycles. The molecule has 1 aromatic rings. The molecule has 1 aliphatic carbocycles. The molecule has 0 bridgehead atoms. The zero-order valence-corrected chi connectivity index (χ0v) is 9.04.